The average Bonchev–Trinajstić information content (AvgIpc) is 2.27. The molecule has 0 heterocycles. The van der Waals surface area contributed by atoms with Crippen LogP contribution in [0.25, 0.3) is 0 Å². The standard InChI is InChI=1S/C12H16N2O5/c1-12(2,3)11(15)6-8-4-5-9(13(16)17)7-10(8)14(18)19/h4-5,7,11,15H,6H2,1-3H3. The molecule has 0 aliphatic rings. The molecular formula is C12H16N2O5. The number of nitro groups is 2. The van der Waals surface area contributed by atoms with E-state index in [2.05, 4.69) is 0 Å². The van der Waals surface area contributed by atoms with Crippen molar-refractivity contribution in [1.82, 2.24) is 0 Å². The van der Waals surface area contributed by atoms with E-state index in [1.807, 2.05) is 20.8 Å². The van der Waals surface area contributed by atoms with Gasteiger partial charge in [0.1, 0.15) is 0 Å². The Morgan fingerprint density at radius 3 is 2.21 bits per heavy atom. The first-order valence-electron chi connectivity index (χ1n) is 5.72. The first-order valence-corrected chi connectivity index (χ1v) is 5.72. The number of aliphatic hydroxyl groups is 1. The molecular weight excluding hydrogens is 252 g/mol. The monoisotopic (exact) mass is 268 g/mol. The van der Waals surface area contributed by atoms with Gasteiger partial charge in [0.25, 0.3) is 11.4 Å². The number of rotatable bonds is 4. The molecule has 104 valence electrons. The molecule has 0 spiro atoms. The van der Waals surface area contributed by atoms with Crippen molar-refractivity contribution in [3.63, 3.8) is 0 Å². The van der Waals surface area contributed by atoms with Crippen LogP contribution in [0.5, 0.6) is 0 Å². The van der Waals surface area contributed by atoms with Crippen LogP contribution in [0.3, 0.4) is 0 Å². The lowest BCUT2D eigenvalue weighted by atomic mass is 9.85. The Labute approximate surface area is 110 Å². The van der Waals surface area contributed by atoms with Crippen molar-refractivity contribution in [2.24, 2.45) is 5.41 Å². The molecule has 0 saturated carbocycles. The van der Waals surface area contributed by atoms with Crippen LogP contribution >= 0.6 is 0 Å². The molecule has 7 heteroatoms. The third-order valence-corrected chi connectivity index (χ3v) is 2.89. The summed E-state index contributed by atoms with van der Waals surface area (Å²) in [5.41, 5.74) is -0.799. The highest BCUT2D eigenvalue weighted by molar-refractivity contribution is 5.49. The Morgan fingerprint density at radius 2 is 1.79 bits per heavy atom. The number of aliphatic hydroxyl groups excluding tert-OH is 1. The number of benzene rings is 1. The molecule has 1 N–H and O–H groups in total. The van der Waals surface area contributed by atoms with E-state index in [1.165, 1.54) is 12.1 Å². The van der Waals surface area contributed by atoms with Crippen molar-refractivity contribution >= 4 is 11.4 Å². The molecule has 0 aliphatic carbocycles. The molecule has 0 fully saturated rings. The summed E-state index contributed by atoms with van der Waals surface area (Å²) < 4.78 is 0. The van der Waals surface area contributed by atoms with Crippen molar-refractivity contribution in [2.45, 2.75) is 33.3 Å². The Morgan fingerprint density at radius 1 is 1.21 bits per heavy atom. The van der Waals surface area contributed by atoms with E-state index in [1.54, 1.807) is 0 Å². The highest BCUT2D eigenvalue weighted by Crippen LogP contribution is 2.29. The quantitative estimate of drug-likeness (QED) is 0.666. The van der Waals surface area contributed by atoms with E-state index >= 15 is 0 Å². The van der Waals surface area contributed by atoms with Crippen molar-refractivity contribution < 1.29 is 15.0 Å². The summed E-state index contributed by atoms with van der Waals surface area (Å²) in [7, 11) is 0. The summed E-state index contributed by atoms with van der Waals surface area (Å²) in [4.78, 5) is 20.2. The summed E-state index contributed by atoms with van der Waals surface area (Å²) in [6, 6.07) is 3.45. The minimum absolute atomic E-state index is 0.0812. The SMILES string of the molecule is CC(C)(C)C(O)Cc1ccc([N+](=O)[O-])cc1[N+](=O)[O-]. The summed E-state index contributed by atoms with van der Waals surface area (Å²) in [6.07, 6.45) is -0.690. The maximum Gasteiger partial charge on any atom is 0.279 e. The third-order valence-electron chi connectivity index (χ3n) is 2.89. The Balaban J connectivity index is 3.14. The molecule has 1 rings (SSSR count). The molecule has 1 atom stereocenters. The first-order chi connectivity index (χ1) is 8.62. The lowest BCUT2D eigenvalue weighted by Gasteiger charge is -2.25. The number of nitrogens with zero attached hydrogens (tertiary/aromatic N) is 2. The molecule has 0 saturated heterocycles. The summed E-state index contributed by atoms with van der Waals surface area (Å²) in [5, 5.41) is 31.5. The second kappa shape index (κ2) is 5.31. The highest BCUT2D eigenvalue weighted by Gasteiger charge is 2.27. The second-order valence-corrected chi connectivity index (χ2v) is 5.41. The smallest absolute Gasteiger partial charge is 0.279 e. The molecule has 19 heavy (non-hydrogen) atoms. The van der Waals surface area contributed by atoms with Gasteiger partial charge in [-0.25, -0.2) is 0 Å². The molecule has 1 aromatic rings. The molecule has 0 bridgehead atoms. The molecule has 1 aromatic carbocycles. The second-order valence-electron chi connectivity index (χ2n) is 5.41. The minimum Gasteiger partial charge on any atom is -0.392 e. The third kappa shape index (κ3) is 3.72. The van der Waals surface area contributed by atoms with Crippen LogP contribution in [0.1, 0.15) is 26.3 Å². The van der Waals surface area contributed by atoms with E-state index < -0.39 is 21.4 Å². The van der Waals surface area contributed by atoms with Gasteiger partial charge in [-0.15, -0.1) is 0 Å². The Bertz CT molecular complexity index is 507. The Kier molecular flexibility index (Phi) is 4.21. The van der Waals surface area contributed by atoms with Gasteiger partial charge in [-0.05, 0) is 11.5 Å². The van der Waals surface area contributed by atoms with Crippen LogP contribution in [-0.4, -0.2) is 21.1 Å². The fraction of sp³-hybridized carbons (Fsp3) is 0.500. The van der Waals surface area contributed by atoms with Crippen LogP contribution in [0.4, 0.5) is 11.4 Å². The molecule has 0 aliphatic heterocycles. The number of hydrogen-bond acceptors (Lipinski definition) is 5. The number of non-ortho nitro benzene ring substituents is 1. The number of nitro benzene ring substituents is 2. The molecule has 0 radical (unpaired) electrons. The normalized spacial score (nSPS) is 13.1. The average molecular weight is 268 g/mol. The van der Waals surface area contributed by atoms with Gasteiger partial charge in [-0.3, -0.25) is 20.2 Å². The van der Waals surface area contributed by atoms with Gasteiger partial charge in [0, 0.05) is 18.1 Å². The van der Waals surface area contributed by atoms with Crippen molar-refractivity contribution in [3.05, 3.63) is 44.0 Å². The highest BCUT2D eigenvalue weighted by atomic mass is 16.6. The van der Waals surface area contributed by atoms with Crippen molar-refractivity contribution in [3.8, 4) is 0 Å². The van der Waals surface area contributed by atoms with Gasteiger partial charge < -0.3 is 5.11 Å². The zero-order chi connectivity index (χ0) is 14.8. The molecule has 0 amide bonds. The van der Waals surface area contributed by atoms with Crippen LogP contribution < -0.4 is 0 Å². The van der Waals surface area contributed by atoms with E-state index in [4.69, 9.17) is 0 Å². The zero-order valence-electron chi connectivity index (χ0n) is 11.0. The summed E-state index contributed by atoms with van der Waals surface area (Å²) >= 11 is 0. The van der Waals surface area contributed by atoms with Gasteiger partial charge in [0.2, 0.25) is 0 Å². The van der Waals surface area contributed by atoms with Gasteiger partial charge in [0.05, 0.1) is 22.0 Å². The molecule has 7 nitrogen and oxygen atoms in total. The topological polar surface area (TPSA) is 107 Å². The molecule has 1 unspecified atom stereocenters. The predicted octanol–water partition coefficient (Wildman–Crippen LogP) is 2.45. The fourth-order valence-corrected chi connectivity index (χ4v) is 1.52. The van der Waals surface area contributed by atoms with E-state index in [-0.39, 0.29) is 23.4 Å². The summed E-state index contributed by atoms with van der Waals surface area (Å²) in [5.74, 6) is 0. The van der Waals surface area contributed by atoms with E-state index in [0.717, 1.165) is 6.07 Å². The van der Waals surface area contributed by atoms with Crippen LogP contribution in [0.15, 0.2) is 18.2 Å². The van der Waals surface area contributed by atoms with Crippen LogP contribution in [0.2, 0.25) is 0 Å². The van der Waals surface area contributed by atoms with E-state index in [9.17, 15) is 25.3 Å². The van der Waals surface area contributed by atoms with Gasteiger partial charge in [-0.1, -0.05) is 20.8 Å². The molecule has 0 aromatic heterocycles. The lowest BCUT2D eigenvalue weighted by Crippen LogP contribution is -2.28. The summed E-state index contributed by atoms with van der Waals surface area (Å²) in [6.45, 7) is 5.44. The van der Waals surface area contributed by atoms with Gasteiger partial charge in [-0.2, -0.15) is 0 Å². The van der Waals surface area contributed by atoms with Crippen molar-refractivity contribution in [2.75, 3.05) is 0 Å². The predicted molar refractivity (Wildman–Crippen MR) is 68.9 cm³/mol. The largest absolute Gasteiger partial charge is 0.392 e. The maximum atomic E-state index is 10.9. The van der Waals surface area contributed by atoms with E-state index in [0.29, 0.717) is 0 Å². The zero-order valence-corrected chi connectivity index (χ0v) is 11.0. The van der Waals surface area contributed by atoms with Crippen LogP contribution in [-0.2, 0) is 6.42 Å². The van der Waals surface area contributed by atoms with Crippen LogP contribution in [0, 0.1) is 25.6 Å². The fourth-order valence-electron chi connectivity index (χ4n) is 1.52. The number of hydrogen-bond donors (Lipinski definition) is 1. The first kappa shape index (κ1) is 15.0. The lowest BCUT2D eigenvalue weighted by molar-refractivity contribution is -0.394. The minimum atomic E-state index is -0.771. The van der Waals surface area contributed by atoms with Gasteiger partial charge in [0.15, 0.2) is 0 Å². The Hall–Kier alpha value is -2.02. The van der Waals surface area contributed by atoms with Gasteiger partial charge >= 0.3 is 0 Å². The maximum absolute atomic E-state index is 10.9. The van der Waals surface area contributed by atoms with Crippen molar-refractivity contribution in [1.29, 1.82) is 0 Å².